The molecule has 254 valence electrons. The summed E-state index contributed by atoms with van der Waals surface area (Å²) in [6.07, 6.45) is -4.83. The van der Waals surface area contributed by atoms with Crippen LogP contribution in [0.3, 0.4) is 0 Å². The van der Waals surface area contributed by atoms with Crippen molar-refractivity contribution < 1.29 is 42.8 Å². The Balaban J connectivity index is 1.73. The van der Waals surface area contributed by atoms with Gasteiger partial charge in [-0.05, 0) is 42.0 Å². The number of nitrogens with zero attached hydrogens (tertiary/aromatic N) is 4. The van der Waals surface area contributed by atoms with Crippen LogP contribution in [-0.2, 0) is 6.18 Å². The molecule has 0 aliphatic heterocycles. The maximum Gasteiger partial charge on any atom is 0.416 e. The minimum atomic E-state index is -4.83. The molecule has 5 rings (SSSR count). The van der Waals surface area contributed by atoms with E-state index in [1.165, 1.54) is 6.07 Å². The number of alkyl halides is 3. The number of nitro benzene ring substituents is 2. The normalized spacial score (nSPS) is 10.9. The van der Waals surface area contributed by atoms with Gasteiger partial charge in [-0.2, -0.15) is 23.2 Å². The molecule has 5 aromatic carbocycles. The van der Waals surface area contributed by atoms with Crippen molar-refractivity contribution in [3.05, 3.63) is 141 Å². The summed E-state index contributed by atoms with van der Waals surface area (Å²) in [5, 5.41) is 51.0. The molecule has 0 unspecified atom stereocenters. The second kappa shape index (κ2) is 13.9. The first kappa shape index (κ1) is 34.2. The Kier molecular flexibility index (Phi) is 9.50. The molecule has 0 aliphatic carbocycles. The fraction of sp³-hybridized carbons (Fsp3) is 0.0303. The number of halogens is 3. The van der Waals surface area contributed by atoms with Gasteiger partial charge in [0.2, 0.25) is 11.5 Å². The summed E-state index contributed by atoms with van der Waals surface area (Å²) < 4.78 is 40.5. The van der Waals surface area contributed by atoms with E-state index in [2.05, 4.69) is 10.6 Å². The average Bonchev–Trinajstić information content (AvgIpc) is 3.08. The SMILES string of the molecule is O=C(Nc1cccc(C(F)(F)F)c1)N(c1cccc([N+](=O)[O-])c1O)N(C(=O)Nc1ccccc1-c1ccccc1)c1cccc([N+](=O)[O-])c1O. The molecule has 0 heterocycles. The third kappa shape index (κ3) is 7.05. The number of para-hydroxylation sites is 3. The number of nitro groups is 2. The van der Waals surface area contributed by atoms with E-state index in [1.54, 1.807) is 48.5 Å². The molecule has 0 saturated carbocycles. The zero-order valence-corrected chi connectivity index (χ0v) is 25.2. The summed E-state index contributed by atoms with van der Waals surface area (Å²) >= 11 is 0. The zero-order chi connectivity index (χ0) is 36.2. The maximum atomic E-state index is 14.4. The lowest BCUT2D eigenvalue weighted by molar-refractivity contribution is -0.386. The number of phenols is 2. The van der Waals surface area contributed by atoms with Gasteiger partial charge in [-0.1, -0.05) is 66.7 Å². The molecule has 0 atom stereocenters. The number of urea groups is 2. The van der Waals surface area contributed by atoms with Crippen molar-refractivity contribution in [2.75, 3.05) is 20.7 Å². The van der Waals surface area contributed by atoms with Crippen LogP contribution in [0.2, 0.25) is 0 Å². The number of benzene rings is 5. The van der Waals surface area contributed by atoms with E-state index in [9.17, 15) is 53.2 Å². The number of rotatable bonds is 7. The third-order valence-corrected chi connectivity index (χ3v) is 7.12. The summed E-state index contributed by atoms with van der Waals surface area (Å²) in [5.41, 5.74) is -3.79. The van der Waals surface area contributed by atoms with Crippen LogP contribution in [0.5, 0.6) is 11.5 Å². The highest BCUT2D eigenvalue weighted by molar-refractivity contribution is 6.15. The fourth-order valence-electron chi connectivity index (χ4n) is 4.87. The molecule has 0 bridgehead atoms. The molecule has 0 fully saturated rings. The molecule has 5 aromatic rings. The predicted molar refractivity (Wildman–Crippen MR) is 176 cm³/mol. The van der Waals surface area contributed by atoms with Crippen LogP contribution in [0.1, 0.15) is 5.56 Å². The molecule has 17 heteroatoms. The molecule has 0 spiro atoms. The van der Waals surface area contributed by atoms with Crippen LogP contribution in [-0.4, -0.2) is 32.1 Å². The van der Waals surface area contributed by atoms with Gasteiger partial charge >= 0.3 is 29.6 Å². The summed E-state index contributed by atoms with van der Waals surface area (Å²) in [5.74, 6) is -2.32. The van der Waals surface area contributed by atoms with Gasteiger partial charge in [0.1, 0.15) is 11.4 Å². The molecule has 0 radical (unpaired) electrons. The number of hydrogen-bond acceptors (Lipinski definition) is 8. The molecule has 14 nitrogen and oxygen atoms in total. The summed E-state index contributed by atoms with van der Waals surface area (Å²) in [4.78, 5) is 50.0. The van der Waals surface area contributed by atoms with Crippen LogP contribution in [0.4, 0.5) is 56.9 Å². The van der Waals surface area contributed by atoms with E-state index in [0.29, 0.717) is 22.2 Å². The molecule has 50 heavy (non-hydrogen) atoms. The predicted octanol–water partition coefficient (Wildman–Crippen LogP) is 8.29. The lowest BCUT2D eigenvalue weighted by atomic mass is 10.0. The quantitative estimate of drug-likeness (QED) is 0.0969. The Morgan fingerprint density at radius 1 is 0.640 bits per heavy atom. The molecule has 0 aromatic heterocycles. The van der Waals surface area contributed by atoms with Gasteiger partial charge in [0.15, 0.2) is 0 Å². The lowest BCUT2D eigenvalue weighted by Crippen LogP contribution is -2.54. The summed E-state index contributed by atoms with van der Waals surface area (Å²) in [7, 11) is 0. The van der Waals surface area contributed by atoms with Gasteiger partial charge in [0.25, 0.3) is 0 Å². The first-order valence-electron chi connectivity index (χ1n) is 14.2. The molecular weight excluding hydrogens is 665 g/mol. The minimum absolute atomic E-state index is 0.125. The number of carbonyl (C=O) groups is 2. The second-order valence-electron chi connectivity index (χ2n) is 10.3. The van der Waals surface area contributed by atoms with E-state index in [1.807, 2.05) is 0 Å². The number of hydrogen-bond donors (Lipinski definition) is 4. The van der Waals surface area contributed by atoms with E-state index in [-0.39, 0.29) is 10.7 Å². The van der Waals surface area contributed by atoms with Crippen molar-refractivity contribution in [1.29, 1.82) is 0 Å². The topological polar surface area (TPSA) is 191 Å². The Morgan fingerprint density at radius 2 is 1.14 bits per heavy atom. The molecule has 4 amide bonds. The van der Waals surface area contributed by atoms with Gasteiger partial charge in [-0.3, -0.25) is 20.2 Å². The maximum absolute atomic E-state index is 14.4. The number of nitrogens with one attached hydrogen (secondary N) is 2. The highest BCUT2D eigenvalue weighted by atomic mass is 19.4. The van der Waals surface area contributed by atoms with Crippen molar-refractivity contribution in [2.24, 2.45) is 0 Å². The summed E-state index contributed by atoms with van der Waals surface area (Å²) in [6, 6.07) is 21.3. The van der Waals surface area contributed by atoms with Gasteiger partial charge in [-0.25, -0.2) is 9.59 Å². The van der Waals surface area contributed by atoms with Crippen LogP contribution < -0.4 is 20.7 Å². The van der Waals surface area contributed by atoms with E-state index in [0.717, 1.165) is 54.6 Å². The largest absolute Gasteiger partial charge is 0.501 e. The zero-order valence-electron chi connectivity index (χ0n) is 25.2. The number of amides is 4. The molecular formula is C33H23F3N6O8. The number of carbonyl (C=O) groups excluding carboxylic acids is 2. The second-order valence-corrected chi connectivity index (χ2v) is 10.3. The van der Waals surface area contributed by atoms with E-state index >= 15 is 0 Å². The number of phenolic OH excluding ortho intramolecular Hbond substituents is 2. The lowest BCUT2D eigenvalue weighted by Gasteiger charge is -2.35. The van der Waals surface area contributed by atoms with Gasteiger partial charge in [0, 0.05) is 23.4 Å². The third-order valence-electron chi connectivity index (χ3n) is 7.12. The van der Waals surface area contributed by atoms with E-state index < -0.39 is 73.6 Å². The first-order chi connectivity index (χ1) is 23.8. The standard InChI is InChI=1S/C33H23F3N6O8/c34-33(35,36)21-11-6-12-22(19-21)37-31(45)39(25-15-7-17-27(29(25)43)41(47)48)40(26-16-8-18-28(30(26)44)42(49)50)32(46)38-24-14-5-4-13-23(24)20-9-2-1-3-10-20/h1-19,43-44H,(H,37,45)(H,38,46). The molecule has 0 saturated heterocycles. The monoisotopic (exact) mass is 688 g/mol. The van der Waals surface area contributed by atoms with Crippen molar-refractivity contribution in [2.45, 2.75) is 6.18 Å². The van der Waals surface area contributed by atoms with E-state index in [4.69, 9.17) is 0 Å². The molecule has 4 N–H and O–H groups in total. The number of aromatic hydroxyl groups is 2. The Hall–Kier alpha value is -7.17. The van der Waals surface area contributed by atoms with Crippen molar-refractivity contribution in [3.8, 4) is 22.6 Å². The van der Waals surface area contributed by atoms with Gasteiger partial charge in [-0.15, -0.1) is 0 Å². The van der Waals surface area contributed by atoms with Crippen LogP contribution in [0, 0.1) is 20.2 Å². The number of hydrazine groups is 1. The Bertz CT molecular complexity index is 2110. The number of anilines is 4. The van der Waals surface area contributed by atoms with Gasteiger partial charge in [0.05, 0.1) is 21.1 Å². The molecule has 0 aliphatic rings. The van der Waals surface area contributed by atoms with Crippen LogP contribution in [0.25, 0.3) is 11.1 Å². The fourth-order valence-corrected chi connectivity index (χ4v) is 4.87. The van der Waals surface area contributed by atoms with Crippen LogP contribution >= 0.6 is 0 Å². The Morgan fingerprint density at radius 3 is 1.68 bits per heavy atom. The van der Waals surface area contributed by atoms with Crippen LogP contribution in [0.15, 0.2) is 115 Å². The minimum Gasteiger partial charge on any atom is -0.501 e. The average molecular weight is 689 g/mol. The van der Waals surface area contributed by atoms with Crippen molar-refractivity contribution in [1.82, 2.24) is 0 Å². The van der Waals surface area contributed by atoms with Crippen molar-refractivity contribution >= 4 is 46.2 Å². The van der Waals surface area contributed by atoms with Gasteiger partial charge < -0.3 is 20.8 Å². The highest BCUT2D eigenvalue weighted by Gasteiger charge is 2.37. The van der Waals surface area contributed by atoms with Crippen molar-refractivity contribution in [3.63, 3.8) is 0 Å². The highest BCUT2D eigenvalue weighted by Crippen LogP contribution is 2.43. The Labute approximate surface area is 279 Å². The summed E-state index contributed by atoms with van der Waals surface area (Å²) in [6.45, 7) is 0. The first-order valence-corrected chi connectivity index (χ1v) is 14.2. The smallest absolute Gasteiger partial charge is 0.416 e.